The molecule has 0 aliphatic heterocycles. The van der Waals surface area contributed by atoms with Gasteiger partial charge in [0.1, 0.15) is 5.82 Å². The Balaban J connectivity index is 1.61. The number of aryl methyl sites for hydroxylation is 1. The van der Waals surface area contributed by atoms with Gasteiger partial charge in [0, 0.05) is 50.0 Å². The van der Waals surface area contributed by atoms with Crippen LogP contribution in [0.4, 0.5) is 0 Å². The molecule has 0 saturated heterocycles. The number of nitrogens with zero attached hydrogens (tertiary/aromatic N) is 4. The van der Waals surface area contributed by atoms with Crippen molar-refractivity contribution in [3.63, 3.8) is 0 Å². The standard InChI is InChI=1S/C18H22N4/c1-3-18-20-9-10-22(18)12-11-21(2)14-15-6-7-17-16(13-15)5-4-8-19-17/h4-10,13H,3,11-12,14H2,1-2H3. The third-order valence-corrected chi connectivity index (χ3v) is 3.96. The summed E-state index contributed by atoms with van der Waals surface area (Å²) in [6, 6.07) is 10.6. The van der Waals surface area contributed by atoms with E-state index in [0.29, 0.717) is 0 Å². The van der Waals surface area contributed by atoms with E-state index in [1.807, 2.05) is 18.5 Å². The smallest absolute Gasteiger partial charge is 0.108 e. The molecule has 2 heterocycles. The highest BCUT2D eigenvalue weighted by Gasteiger charge is 2.04. The molecule has 0 radical (unpaired) electrons. The van der Waals surface area contributed by atoms with Gasteiger partial charge in [-0.3, -0.25) is 4.98 Å². The molecule has 0 N–H and O–H groups in total. The number of aromatic nitrogens is 3. The fraction of sp³-hybridized carbons (Fsp3) is 0.333. The topological polar surface area (TPSA) is 34.0 Å². The highest BCUT2D eigenvalue weighted by Crippen LogP contribution is 2.14. The zero-order chi connectivity index (χ0) is 15.4. The molecule has 0 saturated carbocycles. The number of pyridine rings is 1. The molecular weight excluding hydrogens is 272 g/mol. The lowest BCUT2D eigenvalue weighted by Gasteiger charge is -2.18. The van der Waals surface area contributed by atoms with Gasteiger partial charge in [-0.05, 0) is 30.8 Å². The Morgan fingerprint density at radius 1 is 1.14 bits per heavy atom. The Labute approximate surface area is 131 Å². The molecular formula is C18H22N4. The summed E-state index contributed by atoms with van der Waals surface area (Å²) in [6.07, 6.45) is 6.77. The lowest BCUT2D eigenvalue weighted by Crippen LogP contribution is -2.23. The molecule has 1 aromatic carbocycles. The number of imidazole rings is 1. The molecule has 3 aromatic rings. The molecule has 22 heavy (non-hydrogen) atoms. The van der Waals surface area contributed by atoms with Gasteiger partial charge in [0.15, 0.2) is 0 Å². The summed E-state index contributed by atoms with van der Waals surface area (Å²) < 4.78 is 2.24. The first-order chi connectivity index (χ1) is 10.8. The molecule has 0 fully saturated rings. The first kappa shape index (κ1) is 14.7. The second kappa shape index (κ2) is 6.71. The van der Waals surface area contributed by atoms with Crippen LogP contribution in [0.1, 0.15) is 18.3 Å². The normalized spacial score (nSPS) is 11.4. The van der Waals surface area contributed by atoms with E-state index in [4.69, 9.17) is 0 Å². The first-order valence-electron chi connectivity index (χ1n) is 7.78. The SMILES string of the molecule is CCc1nccn1CCN(C)Cc1ccc2ncccc2c1. The van der Waals surface area contributed by atoms with Crippen molar-refractivity contribution in [2.75, 3.05) is 13.6 Å². The van der Waals surface area contributed by atoms with Crippen molar-refractivity contribution in [2.24, 2.45) is 0 Å². The summed E-state index contributed by atoms with van der Waals surface area (Å²) in [4.78, 5) is 11.1. The maximum Gasteiger partial charge on any atom is 0.108 e. The van der Waals surface area contributed by atoms with Gasteiger partial charge in [0.25, 0.3) is 0 Å². The number of rotatable bonds is 6. The van der Waals surface area contributed by atoms with E-state index in [1.165, 1.54) is 10.9 Å². The summed E-state index contributed by atoms with van der Waals surface area (Å²) in [5, 5.41) is 1.20. The summed E-state index contributed by atoms with van der Waals surface area (Å²) in [5.41, 5.74) is 2.38. The molecule has 4 nitrogen and oxygen atoms in total. The Bertz CT molecular complexity index is 747. The van der Waals surface area contributed by atoms with Crippen LogP contribution in [0.15, 0.2) is 48.9 Å². The van der Waals surface area contributed by atoms with Gasteiger partial charge in [-0.2, -0.15) is 0 Å². The van der Waals surface area contributed by atoms with Crippen LogP contribution in [0, 0.1) is 0 Å². The molecule has 3 rings (SSSR count). The van der Waals surface area contributed by atoms with Crippen molar-refractivity contribution in [1.29, 1.82) is 0 Å². The van der Waals surface area contributed by atoms with Gasteiger partial charge in [-0.15, -0.1) is 0 Å². The first-order valence-corrected chi connectivity index (χ1v) is 7.78. The van der Waals surface area contributed by atoms with Crippen LogP contribution < -0.4 is 0 Å². The number of hydrogen-bond acceptors (Lipinski definition) is 3. The summed E-state index contributed by atoms with van der Waals surface area (Å²) >= 11 is 0. The average molecular weight is 294 g/mol. The lowest BCUT2D eigenvalue weighted by atomic mass is 10.1. The highest BCUT2D eigenvalue weighted by molar-refractivity contribution is 5.78. The number of hydrogen-bond donors (Lipinski definition) is 0. The summed E-state index contributed by atoms with van der Waals surface area (Å²) in [6.45, 7) is 5.08. The fourth-order valence-corrected chi connectivity index (χ4v) is 2.75. The predicted molar refractivity (Wildman–Crippen MR) is 89.7 cm³/mol. The van der Waals surface area contributed by atoms with E-state index >= 15 is 0 Å². The van der Waals surface area contributed by atoms with Gasteiger partial charge >= 0.3 is 0 Å². The Kier molecular flexibility index (Phi) is 4.49. The van der Waals surface area contributed by atoms with Crippen molar-refractivity contribution in [3.8, 4) is 0 Å². The van der Waals surface area contributed by atoms with E-state index < -0.39 is 0 Å². The van der Waals surface area contributed by atoms with Crippen LogP contribution in [0.25, 0.3) is 10.9 Å². The number of likely N-dealkylation sites (N-methyl/N-ethyl adjacent to an activating group) is 1. The minimum absolute atomic E-state index is 0.945. The number of fused-ring (bicyclic) bond motifs is 1. The molecule has 0 spiro atoms. The maximum absolute atomic E-state index is 4.37. The van der Waals surface area contributed by atoms with E-state index in [0.717, 1.165) is 37.4 Å². The molecule has 0 aliphatic rings. The Hall–Kier alpha value is -2.20. The minimum Gasteiger partial charge on any atom is -0.334 e. The molecule has 0 atom stereocenters. The van der Waals surface area contributed by atoms with E-state index in [1.54, 1.807) is 0 Å². The second-order valence-electron chi connectivity index (χ2n) is 5.66. The molecule has 0 aliphatic carbocycles. The summed E-state index contributed by atoms with van der Waals surface area (Å²) in [7, 11) is 2.16. The van der Waals surface area contributed by atoms with E-state index in [-0.39, 0.29) is 0 Å². The third-order valence-electron chi connectivity index (χ3n) is 3.96. The van der Waals surface area contributed by atoms with Crippen molar-refractivity contribution >= 4 is 10.9 Å². The van der Waals surface area contributed by atoms with Gasteiger partial charge < -0.3 is 9.47 Å². The lowest BCUT2D eigenvalue weighted by molar-refractivity contribution is 0.310. The minimum atomic E-state index is 0.945. The maximum atomic E-state index is 4.37. The van der Waals surface area contributed by atoms with Crippen molar-refractivity contribution < 1.29 is 0 Å². The average Bonchev–Trinajstić information content (AvgIpc) is 3.00. The molecule has 114 valence electrons. The highest BCUT2D eigenvalue weighted by atomic mass is 15.1. The van der Waals surface area contributed by atoms with Crippen LogP contribution in [-0.4, -0.2) is 33.0 Å². The van der Waals surface area contributed by atoms with Crippen LogP contribution in [0.2, 0.25) is 0 Å². The zero-order valence-electron chi connectivity index (χ0n) is 13.2. The Morgan fingerprint density at radius 3 is 2.91 bits per heavy atom. The van der Waals surface area contributed by atoms with Crippen molar-refractivity contribution in [2.45, 2.75) is 26.4 Å². The van der Waals surface area contributed by atoms with Gasteiger partial charge in [0.2, 0.25) is 0 Å². The van der Waals surface area contributed by atoms with Gasteiger partial charge in [0.05, 0.1) is 5.52 Å². The van der Waals surface area contributed by atoms with E-state index in [2.05, 4.69) is 63.9 Å². The molecule has 0 unspecified atom stereocenters. The van der Waals surface area contributed by atoms with Crippen LogP contribution in [0.5, 0.6) is 0 Å². The molecule has 4 heteroatoms. The van der Waals surface area contributed by atoms with Crippen LogP contribution in [-0.2, 0) is 19.5 Å². The quantitative estimate of drug-likeness (QED) is 0.700. The summed E-state index contributed by atoms with van der Waals surface area (Å²) in [5.74, 6) is 1.16. The van der Waals surface area contributed by atoms with Gasteiger partial charge in [-0.1, -0.05) is 19.1 Å². The van der Waals surface area contributed by atoms with Crippen LogP contribution >= 0.6 is 0 Å². The third kappa shape index (κ3) is 3.34. The zero-order valence-corrected chi connectivity index (χ0v) is 13.2. The van der Waals surface area contributed by atoms with Crippen molar-refractivity contribution in [3.05, 3.63) is 60.3 Å². The molecule has 0 bridgehead atoms. The van der Waals surface area contributed by atoms with Crippen molar-refractivity contribution in [1.82, 2.24) is 19.4 Å². The fourth-order valence-electron chi connectivity index (χ4n) is 2.75. The molecule has 0 amide bonds. The second-order valence-corrected chi connectivity index (χ2v) is 5.66. The van der Waals surface area contributed by atoms with E-state index in [9.17, 15) is 0 Å². The van der Waals surface area contributed by atoms with Crippen LogP contribution in [0.3, 0.4) is 0 Å². The van der Waals surface area contributed by atoms with Gasteiger partial charge in [-0.25, -0.2) is 4.98 Å². The predicted octanol–water partition coefficient (Wildman–Crippen LogP) is 3.13. The molecule has 2 aromatic heterocycles. The largest absolute Gasteiger partial charge is 0.334 e. The number of benzene rings is 1. The monoisotopic (exact) mass is 294 g/mol. The Morgan fingerprint density at radius 2 is 2.05 bits per heavy atom.